The third-order valence-corrected chi connectivity index (χ3v) is 3.45. The van der Waals surface area contributed by atoms with E-state index in [1.165, 1.54) is 5.56 Å². The molecule has 16 heavy (non-hydrogen) atoms. The first-order valence-corrected chi connectivity index (χ1v) is 5.97. The van der Waals surface area contributed by atoms with Crippen LogP contribution in [0.1, 0.15) is 18.9 Å². The molecule has 0 fully saturated rings. The lowest BCUT2D eigenvalue weighted by molar-refractivity contribution is 0.216. The summed E-state index contributed by atoms with van der Waals surface area (Å²) < 4.78 is 5.13. The van der Waals surface area contributed by atoms with Crippen LogP contribution in [0.25, 0.3) is 0 Å². The van der Waals surface area contributed by atoms with Gasteiger partial charge in [-0.15, -0.1) is 0 Å². The van der Waals surface area contributed by atoms with Gasteiger partial charge < -0.3 is 4.74 Å². The SMILES string of the molecule is CC1O[C]=NC1CCc1ccc(Cl)c(Cl)c1. The van der Waals surface area contributed by atoms with Crippen LogP contribution in [-0.4, -0.2) is 18.5 Å². The number of aliphatic imine (C=N–C) groups is 1. The molecule has 0 spiro atoms. The Morgan fingerprint density at radius 3 is 2.81 bits per heavy atom. The highest BCUT2D eigenvalue weighted by molar-refractivity contribution is 6.42. The van der Waals surface area contributed by atoms with Crippen LogP contribution >= 0.6 is 23.2 Å². The van der Waals surface area contributed by atoms with E-state index in [9.17, 15) is 0 Å². The fraction of sp³-hybridized carbons (Fsp3) is 0.417. The third kappa shape index (κ3) is 2.69. The summed E-state index contributed by atoms with van der Waals surface area (Å²) >= 11 is 11.8. The van der Waals surface area contributed by atoms with Gasteiger partial charge in [0, 0.05) is 0 Å². The van der Waals surface area contributed by atoms with E-state index < -0.39 is 0 Å². The minimum Gasteiger partial charge on any atom is -0.469 e. The molecule has 1 aromatic carbocycles. The van der Waals surface area contributed by atoms with Crippen molar-refractivity contribution in [1.82, 2.24) is 0 Å². The standard InChI is InChI=1S/C12H12Cl2NO/c1-8-12(15-7-16-8)5-3-9-2-4-10(13)11(14)6-9/h2,4,6,8,12H,3,5H2,1H3. The summed E-state index contributed by atoms with van der Waals surface area (Å²) in [6.45, 7) is 2.00. The van der Waals surface area contributed by atoms with Crippen molar-refractivity contribution in [2.24, 2.45) is 4.99 Å². The van der Waals surface area contributed by atoms with E-state index in [4.69, 9.17) is 27.9 Å². The van der Waals surface area contributed by atoms with Crippen molar-refractivity contribution < 1.29 is 4.74 Å². The van der Waals surface area contributed by atoms with Gasteiger partial charge in [-0.1, -0.05) is 29.3 Å². The van der Waals surface area contributed by atoms with Crippen LogP contribution in [0.3, 0.4) is 0 Å². The van der Waals surface area contributed by atoms with Gasteiger partial charge in [0.2, 0.25) is 0 Å². The van der Waals surface area contributed by atoms with Gasteiger partial charge in [0.1, 0.15) is 6.10 Å². The first kappa shape index (κ1) is 11.7. The van der Waals surface area contributed by atoms with Crippen LogP contribution in [0.15, 0.2) is 23.2 Å². The van der Waals surface area contributed by atoms with Crippen molar-refractivity contribution >= 4 is 29.6 Å². The molecule has 1 radical (unpaired) electrons. The molecule has 1 heterocycles. The van der Waals surface area contributed by atoms with Crippen molar-refractivity contribution in [2.45, 2.75) is 31.9 Å². The molecule has 4 heteroatoms. The second-order valence-electron chi connectivity index (χ2n) is 3.90. The molecule has 1 aliphatic rings. The zero-order chi connectivity index (χ0) is 11.5. The first-order chi connectivity index (χ1) is 7.66. The quantitative estimate of drug-likeness (QED) is 0.810. The van der Waals surface area contributed by atoms with Gasteiger partial charge in [0.15, 0.2) is 0 Å². The molecule has 1 aromatic rings. The van der Waals surface area contributed by atoms with E-state index in [1.807, 2.05) is 25.1 Å². The summed E-state index contributed by atoms with van der Waals surface area (Å²) in [4.78, 5) is 4.14. The molecular weight excluding hydrogens is 245 g/mol. The number of nitrogens with zero attached hydrogens (tertiary/aromatic N) is 1. The Hall–Kier alpha value is -0.730. The van der Waals surface area contributed by atoms with Crippen LogP contribution in [-0.2, 0) is 11.2 Å². The molecule has 2 unspecified atom stereocenters. The number of hydrogen-bond donors (Lipinski definition) is 0. The molecule has 2 nitrogen and oxygen atoms in total. The summed E-state index contributed by atoms with van der Waals surface area (Å²) in [6.07, 6.45) is 4.54. The van der Waals surface area contributed by atoms with Crippen molar-refractivity contribution in [3.05, 3.63) is 33.8 Å². The predicted molar refractivity (Wildman–Crippen MR) is 66.6 cm³/mol. The third-order valence-electron chi connectivity index (χ3n) is 2.71. The van der Waals surface area contributed by atoms with Crippen molar-refractivity contribution in [1.29, 1.82) is 0 Å². The van der Waals surface area contributed by atoms with E-state index in [1.54, 1.807) is 0 Å². The van der Waals surface area contributed by atoms with Crippen LogP contribution < -0.4 is 0 Å². The molecule has 0 saturated carbocycles. The molecule has 1 aliphatic heterocycles. The fourth-order valence-electron chi connectivity index (χ4n) is 1.67. The Bertz CT molecular complexity index is 406. The molecule has 0 saturated heterocycles. The highest BCUT2D eigenvalue weighted by Crippen LogP contribution is 2.24. The highest BCUT2D eigenvalue weighted by Gasteiger charge is 2.21. The zero-order valence-electron chi connectivity index (χ0n) is 8.91. The topological polar surface area (TPSA) is 21.6 Å². The van der Waals surface area contributed by atoms with Crippen molar-refractivity contribution in [2.75, 3.05) is 0 Å². The molecule has 0 aromatic heterocycles. The predicted octanol–water partition coefficient (Wildman–Crippen LogP) is 3.62. The van der Waals surface area contributed by atoms with E-state index in [2.05, 4.69) is 11.4 Å². The van der Waals surface area contributed by atoms with E-state index in [0.29, 0.717) is 10.0 Å². The number of ether oxygens (including phenoxy) is 1. The van der Waals surface area contributed by atoms with E-state index in [0.717, 1.165) is 12.8 Å². The maximum Gasteiger partial charge on any atom is 0.273 e. The Labute approximate surface area is 105 Å². The average Bonchev–Trinajstić information content (AvgIpc) is 2.66. The first-order valence-electron chi connectivity index (χ1n) is 5.21. The average molecular weight is 257 g/mol. The lowest BCUT2D eigenvalue weighted by Gasteiger charge is -2.11. The fourth-order valence-corrected chi connectivity index (χ4v) is 1.99. The molecule has 85 valence electrons. The monoisotopic (exact) mass is 256 g/mol. The normalized spacial score (nSPS) is 23.4. The summed E-state index contributed by atoms with van der Waals surface area (Å²) in [5.41, 5.74) is 1.17. The number of halogens is 2. The number of hydrogen-bond acceptors (Lipinski definition) is 2. The molecular formula is C12H12Cl2NO. The highest BCUT2D eigenvalue weighted by atomic mass is 35.5. The molecule has 2 rings (SSSR count). The van der Waals surface area contributed by atoms with Crippen molar-refractivity contribution in [3.63, 3.8) is 0 Å². The Balaban J connectivity index is 1.94. The van der Waals surface area contributed by atoms with Crippen LogP contribution in [0.2, 0.25) is 10.0 Å². The van der Waals surface area contributed by atoms with Crippen LogP contribution in [0.4, 0.5) is 0 Å². The lowest BCUT2D eigenvalue weighted by Crippen LogP contribution is -2.18. The summed E-state index contributed by atoms with van der Waals surface area (Å²) in [7, 11) is 0. The number of rotatable bonds is 3. The van der Waals surface area contributed by atoms with Gasteiger partial charge in [0.25, 0.3) is 6.40 Å². The summed E-state index contributed by atoms with van der Waals surface area (Å²) in [5.74, 6) is 0. The van der Waals surface area contributed by atoms with Gasteiger partial charge >= 0.3 is 0 Å². The molecule has 0 N–H and O–H groups in total. The van der Waals surface area contributed by atoms with Crippen molar-refractivity contribution in [3.8, 4) is 0 Å². The lowest BCUT2D eigenvalue weighted by atomic mass is 10.0. The Kier molecular flexibility index (Phi) is 3.72. The Morgan fingerprint density at radius 2 is 2.19 bits per heavy atom. The largest absolute Gasteiger partial charge is 0.469 e. The summed E-state index contributed by atoms with van der Waals surface area (Å²) in [6, 6.07) is 5.91. The Morgan fingerprint density at radius 1 is 1.38 bits per heavy atom. The van der Waals surface area contributed by atoms with Gasteiger partial charge in [-0.3, -0.25) is 0 Å². The molecule has 0 bridgehead atoms. The van der Waals surface area contributed by atoms with Gasteiger partial charge in [-0.05, 0) is 37.5 Å². The van der Waals surface area contributed by atoms with Crippen LogP contribution in [0.5, 0.6) is 0 Å². The minimum atomic E-state index is 0.128. The van der Waals surface area contributed by atoms with Gasteiger partial charge in [0.05, 0.1) is 16.1 Å². The molecule has 0 amide bonds. The molecule has 2 atom stereocenters. The second-order valence-corrected chi connectivity index (χ2v) is 4.71. The van der Waals surface area contributed by atoms with E-state index >= 15 is 0 Å². The van der Waals surface area contributed by atoms with E-state index in [-0.39, 0.29) is 12.1 Å². The maximum atomic E-state index is 5.95. The number of benzene rings is 1. The zero-order valence-corrected chi connectivity index (χ0v) is 10.4. The smallest absolute Gasteiger partial charge is 0.273 e. The van der Waals surface area contributed by atoms with Gasteiger partial charge in [-0.25, -0.2) is 4.99 Å². The van der Waals surface area contributed by atoms with Crippen LogP contribution in [0, 0.1) is 0 Å². The molecule has 0 aliphatic carbocycles. The maximum absolute atomic E-state index is 5.95. The minimum absolute atomic E-state index is 0.128. The number of aryl methyl sites for hydroxylation is 1. The van der Waals surface area contributed by atoms with Gasteiger partial charge in [-0.2, -0.15) is 0 Å². The summed E-state index contributed by atoms with van der Waals surface area (Å²) in [5, 5.41) is 1.19. The second kappa shape index (κ2) is 5.07.